The molecule has 2 aromatic carbocycles. The number of rotatable bonds is 8. The molecule has 0 radical (unpaired) electrons. The number of nitrogens with two attached hydrogens (primary N) is 1. The molecule has 12 nitrogen and oxygen atoms in total. The smallest absolute Gasteiger partial charge is 0.317 e. The largest absolute Gasteiger partial charge is 0.399 e. The quantitative estimate of drug-likeness (QED) is 0.165. The van der Waals surface area contributed by atoms with Crippen molar-refractivity contribution in [3.05, 3.63) is 64.7 Å². The molecule has 3 fully saturated rings. The number of nitrogens with zero attached hydrogens (tertiary/aromatic N) is 2. The highest BCUT2D eigenvalue weighted by Crippen LogP contribution is 2.26. The molecule has 2 aromatic rings. The Balaban J connectivity index is 0.000000647. The first-order valence-electron chi connectivity index (χ1n) is 19.5. The lowest BCUT2D eigenvalue weighted by Crippen LogP contribution is -2.34. The fraction of sp³-hybridized carbons (Fsp3) is 0.595. The standard InChI is InChI=1S/C12H16N2O.C10H19NO.C7H9N.2C4H7NO.C3H6O2.C2H6/c1-3-9-5-4-6-10-7-14(8-11(9)10)12(15)13-2;1-8(2)7-10(12)11-6-4-5-9(11)3;1-6-3-2-4-7(8)5-6;2*6-3-5-4-1-2-4;1-3(5)2-4;1-2/h4-6H,3,7-8H2,1-2H3,(H,13,15);8-9H,4-7H2,1-3H3;2-5H,8H2,1H3;2*3-4H,1-2H2,(H,5,6);2-3,5H,1H3;1-2H3. The molecule has 2 aliphatic heterocycles. The molecule has 2 aliphatic carbocycles. The Hall–Kier alpha value is -4.45. The third-order valence-corrected chi connectivity index (χ3v) is 8.42. The number of benzene rings is 2. The Morgan fingerprint density at radius 1 is 0.926 bits per heavy atom. The molecule has 4 aliphatic rings. The van der Waals surface area contributed by atoms with Gasteiger partial charge >= 0.3 is 6.03 Å². The van der Waals surface area contributed by atoms with Gasteiger partial charge in [-0.3, -0.25) is 14.4 Å². The number of fused-ring (bicyclic) bond motifs is 1. The van der Waals surface area contributed by atoms with E-state index in [9.17, 15) is 24.0 Å². The van der Waals surface area contributed by atoms with Gasteiger partial charge in [-0.2, -0.15) is 0 Å². The van der Waals surface area contributed by atoms with Gasteiger partial charge in [0.1, 0.15) is 12.4 Å². The number of urea groups is 1. The minimum atomic E-state index is -0.796. The molecule has 2 saturated carbocycles. The first-order valence-corrected chi connectivity index (χ1v) is 19.5. The van der Waals surface area contributed by atoms with Gasteiger partial charge in [0.15, 0.2) is 0 Å². The molecule has 304 valence electrons. The van der Waals surface area contributed by atoms with Crippen molar-refractivity contribution in [3.63, 3.8) is 0 Å². The van der Waals surface area contributed by atoms with Gasteiger partial charge in [-0.15, -0.1) is 0 Å². The van der Waals surface area contributed by atoms with E-state index in [0.717, 1.165) is 44.6 Å². The summed E-state index contributed by atoms with van der Waals surface area (Å²) in [5.74, 6) is 0.834. The molecule has 0 aromatic heterocycles. The molecule has 0 bridgehead atoms. The summed E-state index contributed by atoms with van der Waals surface area (Å²) in [6.45, 7) is 18.4. The summed E-state index contributed by atoms with van der Waals surface area (Å²) < 4.78 is 0. The summed E-state index contributed by atoms with van der Waals surface area (Å²) in [7, 11) is 1.67. The molecular weight excluding hydrogens is 684 g/mol. The summed E-state index contributed by atoms with van der Waals surface area (Å²) in [5, 5.41) is 15.9. The van der Waals surface area contributed by atoms with Gasteiger partial charge in [-0.1, -0.05) is 65.0 Å². The van der Waals surface area contributed by atoms with E-state index in [1.807, 2.05) is 54.8 Å². The van der Waals surface area contributed by atoms with E-state index in [2.05, 4.69) is 61.8 Å². The summed E-state index contributed by atoms with van der Waals surface area (Å²) in [4.78, 5) is 55.3. The number of nitrogen functional groups attached to an aromatic ring is 1. The summed E-state index contributed by atoms with van der Waals surface area (Å²) in [6, 6.07) is 15.7. The molecule has 2 atom stereocenters. The van der Waals surface area contributed by atoms with Crippen LogP contribution in [0.3, 0.4) is 0 Å². The highest BCUT2D eigenvalue weighted by Gasteiger charge is 2.25. The van der Waals surface area contributed by atoms with Crippen LogP contribution < -0.4 is 21.7 Å². The van der Waals surface area contributed by atoms with Crippen molar-refractivity contribution in [2.75, 3.05) is 19.3 Å². The van der Waals surface area contributed by atoms with Crippen molar-refractivity contribution < 1.29 is 29.1 Å². The number of anilines is 1. The summed E-state index contributed by atoms with van der Waals surface area (Å²) in [6.07, 6.45) is 10.0. The van der Waals surface area contributed by atoms with E-state index in [-0.39, 0.29) is 6.03 Å². The van der Waals surface area contributed by atoms with E-state index in [1.165, 1.54) is 67.7 Å². The number of carbonyl (C=O) groups excluding carboxylic acids is 5. The van der Waals surface area contributed by atoms with Gasteiger partial charge in [-0.05, 0) is 106 Å². The predicted octanol–water partition coefficient (Wildman–Crippen LogP) is 5.91. The molecule has 2 unspecified atom stereocenters. The van der Waals surface area contributed by atoms with Gasteiger partial charge < -0.3 is 41.4 Å². The van der Waals surface area contributed by atoms with Crippen LogP contribution in [0.5, 0.6) is 0 Å². The number of aliphatic hydroxyl groups excluding tert-OH is 1. The van der Waals surface area contributed by atoms with Crippen LogP contribution in [-0.4, -0.2) is 83.8 Å². The second-order valence-corrected chi connectivity index (χ2v) is 13.9. The Morgan fingerprint density at radius 3 is 1.83 bits per heavy atom. The van der Waals surface area contributed by atoms with Gasteiger partial charge in [-0.25, -0.2) is 4.79 Å². The van der Waals surface area contributed by atoms with Gasteiger partial charge in [0.2, 0.25) is 18.7 Å². The Bertz CT molecular complexity index is 1330. The first-order chi connectivity index (χ1) is 25.8. The van der Waals surface area contributed by atoms with Crippen molar-refractivity contribution in [2.24, 2.45) is 5.92 Å². The van der Waals surface area contributed by atoms with Crippen molar-refractivity contribution in [3.8, 4) is 0 Å². The molecule has 54 heavy (non-hydrogen) atoms. The zero-order chi connectivity index (χ0) is 41.1. The van der Waals surface area contributed by atoms with Crippen LogP contribution in [0.15, 0.2) is 42.5 Å². The number of nitrogens with one attached hydrogen (secondary N) is 3. The van der Waals surface area contributed by atoms with Crippen molar-refractivity contribution in [1.82, 2.24) is 25.8 Å². The topological polar surface area (TPSA) is 174 Å². The molecule has 12 heteroatoms. The van der Waals surface area contributed by atoms with E-state index >= 15 is 0 Å². The molecular formula is C42H70N6O6. The van der Waals surface area contributed by atoms with E-state index in [1.54, 1.807) is 7.05 Å². The van der Waals surface area contributed by atoms with Gasteiger partial charge in [0.05, 0.1) is 0 Å². The second kappa shape index (κ2) is 29.0. The maximum absolute atomic E-state index is 11.6. The SMILES string of the molecule is CC.CC(C)CC(=O)N1CCCC1C.CC(O)C=O.CCc1cccc2c1CN(C(=O)NC)C2.Cc1cccc(N)c1.O=CNC1CC1.O=CNC1CC1. The predicted molar refractivity (Wildman–Crippen MR) is 219 cm³/mol. The number of hydrogen-bond donors (Lipinski definition) is 5. The second-order valence-electron chi connectivity index (χ2n) is 13.9. The number of hydrogen-bond acceptors (Lipinski definition) is 7. The fourth-order valence-electron chi connectivity index (χ4n) is 5.26. The van der Waals surface area contributed by atoms with Crippen LogP contribution in [-0.2, 0) is 38.7 Å². The number of carbonyl (C=O) groups is 5. The lowest BCUT2D eigenvalue weighted by atomic mass is 10.0. The lowest BCUT2D eigenvalue weighted by Gasteiger charge is -2.22. The normalized spacial score (nSPS) is 16.3. The Morgan fingerprint density at radius 2 is 1.48 bits per heavy atom. The van der Waals surface area contributed by atoms with Crippen LogP contribution >= 0.6 is 0 Å². The van der Waals surface area contributed by atoms with E-state index < -0.39 is 6.10 Å². The molecule has 2 heterocycles. The maximum Gasteiger partial charge on any atom is 0.317 e. The minimum Gasteiger partial charge on any atom is -0.399 e. The van der Waals surface area contributed by atoms with Crippen molar-refractivity contribution >= 4 is 36.7 Å². The van der Waals surface area contributed by atoms with Crippen LogP contribution in [0.25, 0.3) is 0 Å². The molecule has 6 rings (SSSR count). The number of likely N-dealkylation sites (tertiary alicyclic amines) is 1. The summed E-state index contributed by atoms with van der Waals surface area (Å²) in [5.41, 5.74) is 11.5. The molecule has 0 spiro atoms. The highest BCUT2D eigenvalue weighted by molar-refractivity contribution is 5.77. The van der Waals surface area contributed by atoms with Crippen LogP contribution in [0.1, 0.15) is 116 Å². The molecule has 5 amide bonds. The molecule has 6 N–H and O–H groups in total. The third-order valence-electron chi connectivity index (χ3n) is 8.42. The minimum absolute atomic E-state index is 0.00764. The Labute approximate surface area is 325 Å². The number of aryl methyl sites for hydroxylation is 2. The lowest BCUT2D eigenvalue weighted by molar-refractivity contribution is -0.132. The third kappa shape index (κ3) is 22.6. The monoisotopic (exact) mass is 755 g/mol. The van der Waals surface area contributed by atoms with E-state index in [4.69, 9.17) is 10.8 Å². The summed E-state index contributed by atoms with van der Waals surface area (Å²) >= 11 is 0. The number of aliphatic hydroxyl groups is 1. The van der Waals surface area contributed by atoms with Crippen molar-refractivity contribution in [1.29, 1.82) is 0 Å². The first kappa shape index (κ1) is 49.6. The average molecular weight is 755 g/mol. The Kier molecular flexibility index (Phi) is 26.6. The van der Waals surface area contributed by atoms with E-state index in [0.29, 0.717) is 42.7 Å². The van der Waals surface area contributed by atoms with Crippen LogP contribution in [0.2, 0.25) is 0 Å². The van der Waals surface area contributed by atoms with Crippen LogP contribution in [0, 0.1) is 12.8 Å². The zero-order valence-electron chi connectivity index (χ0n) is 34.4. The van der Waals surface area contributed by atoms with Crippen LogP contribution in [0.4, 0.5) is 10.5 Å². The van der Waals surface area contributed by atoms with Crippen molar-refractivity contribution in [2.45, 2.75) is 144 Å². The maximum atomic E-state index is 11.6. The number of amides is 5. The van der Waals surface area contributed by atoms with Gasteiger partial charge in [0, 0.05) is 56.9 Å². The molecule has 1 saturated heterocycles. The highest BCUT2D eigenvalue weighted by atomic mass is 16.3. The fourth-order valence-corrected chi connectivity index (χ4v) is 5.26. The number of aldehydes is 1. The zero-order valence-corrected chi connectivity index (χ0v) is 34.4. The average Bonchev–Trinajstić information content (AvgIpc) is 4.07. The van der Waals surface area contributed by atoms with Gasteiger partial charge in [0.25, 0.3) is 0 Å².